The van der Waals surface area contributed by atoms with E-state index in [2.05, 4.69) is 47.7 Å². The van der Waals surface area contributed by atoms with E-state index < -0.39 is 0 Å². The fourth-order valence-corrected chi connectivity index (χ4v) is 2.61. The third-order valence-electron chi connectivity index (χ3n) is 3.14. The molecule has 0 saturated carbocycles. The minimum atomic E-state index is 0.336. The summed E-state index contributed by atoms with van der Waals surface area (Å²) in [5, 5.41) is 5.54. The van der Waals surface area contributed by atoms with Gasteiger partial charge in [-0.1, -0.05) is 19.1 Å². The second-order valence-corrected chi connectivity index (χ2v) is 5.82. The van der Waals surface area contributed by atoms with Gasteiger partial charge in [0.05, 0.1) is 6.61 Å². The molecule has 20 heavy (non-hydrogen) atoms. The van der Waals surface area contributed by atoms with Crippen LogP contribution in [-0.4, -0.2) is 18.1 Å². The number of aromatic nitrogens is 1. The van der Waals surface area contributed by atoms with Gasteiger partial charge in [0.1, 0.15) is 0 Å². The van der Waals surface area contributed by atoms with Crippen LogP contribution in [0.15, 0.2) is 35.8 Å². The maximum atomic E-state index is 5.67. The van der Waals surface area contributed by atoms with Crippen molar-refractivity contribution in [2.45, 2.75) is 32.7 Å². The molecule has 1 atom stereocenters. The Balaban J connectivity index is 1.79. The van der Waals surface area contributed by atoms with Gasteiger partial charge in [0, 0.05) is 29.6 Å². The van der Waals surface area contributed by atoms with Crippen LogP contribution in [-0.2, 0) is 6.42 Å². The van der Waals surface area contributed by atoms with Crippen molar-refractivity contribution in [2.75, 3.05) is 13.2 Å². The molecule has 1 N–H and O–H groups in total. The van der Waals surface area contributed by atoms with Crippen LogP contribution in [0.3, 0.4) is 0 Å². The van der Waals surface area contributed by atoms with E-state index in [1.807, 2.05) is 12.3 Å². The van der Waals surface area contributed by atoms with Crippen LogP contribution in [0, 0.1) is 0 Å². The molecular weight excluding hydrogens is 268 g/mol. The third-order valence-corrected chi connectivity index (χ3v) is 4.07. The quantitative estimate of drug-likeness (QED) is 0.802. The zero-order valence-corrected chi connectivity index (χ0v) is 13.0. The lowest BCUT2D eigenvalue weighted by Gasteiger charge is -2.13. The first-order valence-corrected chi connectivity index (χ1v) is 8.02. The molecule has 2 heterocycles. The minimum absolute atomic E-state index is 0.336. The Hall–Kier alpha value is -1.39. The summed E-state index contributed by atoms with van der Waals surface area (Å²) < 4.78 is 5.67. The Morgan fingerprint density at radius 1 is 1.35 bits per heavy atom. The molecule has 0 aliphatic carbocycles. The highest BCUT2D eigenvalue weighted by atomic mass is 32.1. The second-order valence-electron chi connectivity index (χ2n) is 4.78. The zero-order valence-electron chi connectivity index (χ0n) is 12.1. The van der Waals surface area contributed by atoms with E-state index in [-0.39, 0.29) is 0 Å². The van der Waals surface area contributed by atoms with Gasteiger partial charge in [-0.2, -0.15) is 0 Å². The van der Waals surface area contributed by atoms with Gasteiger partial charge in [-0.15, -0.1) is 11.3 Å². The van der Waals surface area contributed by atoms with Crippen molar-refractivity contribution in [3.8, 4) is 5.88 Å². The number of nitrogens with one attached hydrogen (secondary N) is 1. The normalized spacial score (nSPS) is 12.3. The van der Waals surface area contributed by atoms with Crippen molar-refractivity contribution in [2.24, 2.45) is 0 Å². The minimum Gasteiger partial charge on any atom is -0.477 e. The maximum absolute atomic E-state index is 5.67. The topological polar surface area (TPSA) is 34.1 Å². The standard InChI is InChI=1S/C16H22N2OS/c1-3-9-17-13(2)14-6-7-16(18-12-14)19-10-8-15-5-4-11-20-15/h4-7,11-13,17H,3,8-10H2,1-2H3. The van der Waals surface area contributed by atoms with E-state index >= 15 is 0 Å². The number of pyridine rings is 1. The first kappa shape index (κ1) is 15.0. The van der Waals surface area contributed by atoms with E-state index in [0.29, 0.717) is 18.5 Å². The summed E-state index contributed by atoms with van der Waals surface area (Å²) >= 11 is 1.76. The number of hydrogen-bond acceptors (Lipinski definition) is 4. The predicted octanol–water partition coefficient (Wildman–Crippen LogP) is 3.83. The molecule has 2 rings (SSSR count). The molecule has 2 aromatic heterocycles. The van der Waals surface area contributed by atoms with Crippen molar-refractivity contribution < 1.29 is 4.74 Å². The number of nitrogens with zero attached hydrogens (tertiary/aromatic N) is 1. The molecule has 0 radical (unpaired) electrons. The lowest BCUT2D eigenvalue weighted by Crippen LogP contribution is -2.19. The molecule has 0 aromatic carbocycles. The van der Waals surface area contributed by atoms with Crippen LogP contribution in [0.2, 0.25) is 0 Å². The van der Waals surface area contributed by atoms with Crippen LogP contribution in [0.1, 0.15) is 36.8 Å². The van der Waals surface area contributed by atoms with Crippen LogP contribution in [0.5, 0.6) is 5.88 Å². The SMILES string of the molecule is CCCNC(C)c1ccc(OCCc2cccs2)nc1. The fraction of sp³-hybridized carbons (Fsp3) is 0.438. The van der Waals surface area contributed by atoms with E-state index in [1.165, 1.54) is 10.4 Å². The van der Waals surface area contributed by atoms with Crippen LogP contribution in [0.25, 0.3) is 0 Å². The summed E-state index contributed by atoms with van der Waals surface area (Å²) in [6.45, 7) is 6.03. The van der Waals surface area contributed by atoms with Crippen molar-refractivity contribution >= 4 is 11.3 Å². The largest absolute Gasteiger partial charge is 0.477 e. The summed E-state index contributed by atoms with van der Waals surface area (Å²) in [5.41, 5.74) is 1.20. The van der Waals surface area contributed by atoms with Gasteiger partial charge in [0.15, 0.2) is 0 Å². The molecule has 108 valence electrons. The van der Waals surface area contributed by atoms with Gasteiger partial charge in [-0.05, 0) is 36.9 Å². The lowest BCUT2D eigenvalue weighted by molar-refractivity contribution is 0.310. The Kier molecular flexibility index (Phi) is 6.02. The number of hydrogen-bond donors (Lipinski definition) is 1. The molecule has 0 fully saturated rings. The fourth-order valence-electron chi connectivity index (χ4n) is 1.92. The Labute approximate surface area is 125 Å². The maximum Gasteiger partial charge on any atom is 0.213 e. The zero-order chi connectivity index (χ0) is 14.2. The molecule has 0 saturated heterocycles. The van der Waals surface area contributed by atoms with E-state index in [9.17, 15) is 0 Å². The van der Waals surface area contributed by atoms with Gasteiger partial charge in [0.25, 0.3) is 0 Å². The molecule has 0 spiro atoms. The summed E-state index contributed by atoms with van der Waals surface area (Å²) in [6, 6.07) is 8.57. The molecule has 4 heteroatoms. The highest BCUT2D eigenvalue weighted by Crippen LogP contribution is 2.15. The van der Waals surface area contributed by atoms with Gasteiger partial charge >= 0.3 is 0 Å². The number of rotatable bonds is 8. The van der Waals surface area contributed by atoms with Crippen LogP contribution < -0.4 is 10.1 Å². The monoisotopic (exact) mass is 290 g/mol. The summed E-state index contributed by atoms with van der Waals surface area (Å²) in [5.74, 6) is 0.702. The summed E-state index contributed by atoms with van der Waals surface area (Å²) in [7, 11) is 0. The third kappa shape index (κ3) is 4.62. The molecule has 0 amide bonds. The van der Waals surface area contributed by atoms with Crippen molar-refractivity contribution in [1.82, 2.24) is 10.3 Å². The molecular formula is C16H22N2OS. The van der Waals surface area contributed by atoms with Crippen LogP contribution in [0.4, 0.5) is 0 Å². The molecule has 2 aromatic rings. The van der Waals surface area contributed by atoms with E-state index in [0.717, 1.165) is 19.4 Å². The van der Waals surface area contributed by atoms with Crippen LogP contribution >= 0.6 is 11.3 Å². The molecule has 0 aliphatic rings. The average molecular weight is 290 g/mol. The average Bonchev–Trinajstić information content (AvgIpc) is 2.99. The molecule has 3 nitrogen and oxygen atoms in total. The summed E-state index contributed by atoms with van der Waals surface area (Å²) in [4.78, 5) is 5.71. The summed E-state index contributed by atoms with van der Waals surface area (Å²) in [6.07, 6.45) is 3.98. The van der Waals surface area contributed by atoms with Crippen molar-refractivity contribution in [3.05, 3.63) is 46.3 Å². The lowest BCUT2D eigenvalue weighted by atomic mass is 10.1. The first-order valence-electron chi connectivity index (χ1n) is 7.14. The number of ether oxygens (including phenoxy) is 1. The molecule has 0 aliphatic heterocycles. The number of thiophene rings is 1. The predicted molar refractivity (Wildman–Crippen MR) is 84.5 cm³/mol. The molecule has 1 unspecified atom stereocenters. The molecule has 0 bridgehead atoms. The van der Waals surface area contributed by atoms with Gasteiger partial charge in [-0.25, -0.2) is 4.98 Å². The second kappa shape index (κ2) is 8.02. The first-order chi connectivity index (χ1) is 9.79. The van der Waals surface area contributed by atoms with E-state index in [1.54, 1.807) is 11.3 Å². The Morgan fingerprint density at radius 3 is 2.90 bits per heavy atom. The van der Waals surface area contributed by atoms with Gasteiger partial charge < -0.3 is 10.1 Å². The Morgan fingerprint density at radius 2 is 2.25 bits per heavy atom. The van der Waals surface area contributed by atoms with Crippen molar-refractivity contribution in [1.29, 1.82) is 0 Å². The van der Waals surface area contributed by atoms with Gasteiger partial charge in [0.2, 0.25) is 5.88 Å². The van der Waals surface area contributed by atoms with Crippen molar-refractivity contribution in [3.63, 3.8) is 0 Å². The van der Waals surface area contributed by atoms with E-state index in [4.69, 9.17) is 4.74 Å². The van der Waals surface area contributed by atoms with Gasteiger partial charge in [-0.3, -0.25) is 0 Å². The highest BCUT2D eigenvalue weighted by molar-refractivity contribution is 7.09. The Bertz CT molecular complexity index is 482. The smallest absolute Gasteiger partial charge is 0.213 e. The highest BCUT2D eigenvalue weighted by Gasteiger charge is 2.05.